The van der Waals surface area contributed by atoms with Gasteiger partial charge in [0.1, 0.15) is 0 Å². The quantitative estimate of drug-likeness (QED) is 0.581. The van der Waals surface area contributed by atoms with Gasteiger partial charge in [-0.3, -0.25) is 4.79 Å². The zero-order valence-electron chi connectivity index (χ0n) is 10.3. The summed E-state index contributed by atoms with van der Waals surface area (Å²) in [5.41, 5.74) is 2.69. The van der Waals surface area contributed by atoms with Gasteiger partial charge in [0.2, 0.25) is 0 Å². The lowest BCUT2D eigenvalue weighted by molar-refractivity contribution is 0.0986. The van der Waals surface area contributed by atoms with Crippen molar-refractivity contribution in [3.8, 4) is 11.1 Å². The van der Waals surface area contributed by atoms with Gasteiger partial charge in [-0.2, -0.15) is 0 Å². The topological polar surface area (TPSA) is 17.1 Å². The first-order valence-corrected chi connectivity index (χ1v) is 6.50. The monoisotopic (exact) mass is 258 g/mol. The number of rotatable bonds is 4. The summed E-state index contributed by atoms with van der Waals surface area (Å²) < 4.78 is 0. The Morgan fingerprint density at radius 1 is 1.06 bits per heavy atom. The summed E-state index contributed by atoms with van der Waals surface area (Å²) in [7, 11) is 0. The standard InChI is InChI=1S/C16H15ClO/c1-2-15(17)16(18)14-11-7-6-10-13(14)12-8-4-3-5-9-12/h3-11,15H,2H2,1H3. The van der Waals surface area contributed by atoms with E-state index in [0.29, 0.717) is 12.0 Å². The number of carbonyl (C=O) groups is 1. The van der Waals surface area contributed by atoms with E-state index in [-0.39, 0.29) is 5.78 Å². The van der Waals surface area contributed by atoms with Gasteiger partial charge in [-0.05, 0) is 17.5 Å². The highest BCUT2D eigenvalue weighted by molar-refractivity contribution is 6.34. The van der Waals surface area contributed by atoms with Crippen molar-refractivity contribution in [3.05, 3.63) is 60.2 Å². The molecular formula is C16H15ClO. The summed E-state index contributed by atoms with van der Waals surface area (Å²) in [4.78, 5) is 12.2. The third kappa shape index (κ3) is 2.62. The van der Waals surface area contributed by atoms with Gasteiger partial charge in [0.15, 0.2) is 5.78 Å². The van der Waals surface area contributed by atoms with Crippen molar-refractivity contribution in [1.82, 2.24) is 0 Å². The van der Waals surface area contributed by atoms with E-state index in [1.165, 1.54) is 0 Å². The van der Waals surface area contributed by atoms with Crippen LogP contribution in [0.15, 0.2) is 54.6 Å². The molecule has 0 saturated heterocycles. The lowest BCUT2D eigenvalue weighted by atomic mass is 9.95. The Hall–Kier alpha value is -1.60. The molecular weight excluding hydrogens is 244 g/mol. The van der Waals surface area contributed by atoms with E-state index in [9.17, 15) is 4.79 Å². The van der Waals surface area contributed by atoms with Gasteiger partial charge in [-0.25, -0.2) is 0 Å². The van der Waals surface area contributed by atoms with E-state index in [1.54, 1.807) is 0 Å². The predicted molar refractivity (Wildman–Crippen MR) is 76.1 cm³/mol. The fourth-order valence-electron chi connectivity index (χ4n) is 1.92. The van der Waals surface area contributed by atoms with Crippen LogP contribution in [0.3, 0.4) is 0 Å². The van der Waals surface area contributed by atoms with E-state index in [1.807, 2.05) is 61.5 Å². The first kappa shape index (κ1) is 12.8. The van der Waals surface area contributed by atoms with E-state index >= 15 is 0 Å². The zero-order chi connectivity index (χ0) is 13.0. The van der Waals surface area contributed by atoms with Crippen molar-refractivity contribution in [1.29, 1.82) is 0 Å². The fraction of sp³-hybridized carbons (Fsp3) is 0.188. The molecule has 0 aliphatic rings. The molecule has 0 fully saturated rings. The minimum Gasteiger partial charge on any atom is -0.292 e. The average Bonchev–Trinajstić information content (AvgIpc) is 2.46. The number of benzene rings is 2. The average molecular weight is 259 g/mol. The maximum absolute atomic E-state index is 12.2. The second-order valence-electron chi connectivity index (χ2n) is 4.15. The van der Waals surface area contributed by atoms with Crippen molar-refractivity contribution >= 4 is 17.4 Å². The van der Waals surface area contributed by atoms with Crippen LogP contribution in [-0.2, 0) is 0 Å². The Labute approximate surface area is 112 Å². The largest absolute Gasteiger partial charge is 0.292 e. The van der Waals surface area contributed by atoms with Crippen molar-refractivity contribution < 1.29 is 4.79 Å². The van der Waals surface area contributed by atoms with Crippen LogP contribution in [0.4, 0.5) is 0 Å². The predicted octanol–water partition coefficient (Wildman–Crippen LogP) is 4.55. The van der Waals surface area contributed by atoms with Crippen LogP contribution in [0.5, 0.6) is 0 Å². The van der Waals surface area contributed by atoms with Crippen molar-refractivity contribution in [2.24, 2.45) is 0 Å². The number of carbonyl (C=O) groups excluding carboxylic acids is 1. The van der Waals surface area contributed by atoms with E-state index in [0.717, 1.165) is 11.1 Å². The Balaban J connectivity index is 2.47. The van der Waals surface area contributed by atoms with Gasteiger partial charge in [0, 0.05) is 5.56 Å². The van der Waals surface area contributed by atoms with Gasteiger partial charge in [0.05, 0.1) is 5.38 Å². The summed E-state index contributed by atoms with van der Waals surface area (Å²) in [5, 5.41) is -0.449. The number of halogens is 1. The fourth-order valence-corrected chi connectivity index (χ4v) is 2.04. The Kier molecular flexibility index (Phi) is 4.16. The third-order valence-corrected chi connectivity index (χ3v) is 3.43. The lowest BCUT2D eigenvalue weighted by Gasteiger charge is -2.11. The Morgan fingerprint density at radius 2 is 1.67 bits per heavy atom. The van der Waals surface area contributed by atoms with Gasteiger partial charge < -0.3 is 0 Å². The molecule has 0 saturated carbocycles. The molecule has 1 nitrogen and oxygen atoms in total. The third-order valence-electron chi connectivity index (χ3n) is 2.92. The van der Waals surface area contributed by atoms with Crippen LogP contribution >= 0.6 is 11.6 Å². The molecule has 92 valence electrons. The number of hydrogen-bond donors (Lipinski definition) is 0. The van der Waals surface area contributed by atoms with Crippen LogP contribution in [-0.4, -0.2) is 11.2 Å². The second kappa shape index (κ2) is 5.83. The summed E-state index contributed by atoms with van der Waals surface area (Å²) in [5.74, 6) is -0.00128. The number of ketones is 1. The molecule has 0 aliphatic heterocycles. The van der Waals surface area contributed by atoms with Crippen LogP contribution in [0.1, 0.15) is 23.7 Å². The molecule has 0 aliphatic carbocycles. The summed E-state index contributed by atoms with van der Waals surface area (Å²) >= 11 is 6.06. The van der Waals surface area contributed by atoms with Gasteiger partial charge in [-0.1, -0.05) is 61.5 Å². The maximum atomic E-state index is 12.2. The van der Waals surface area contributed by atoms with Crippen molar-refractivity contribution in [2.75, 3.05) is 0 Å². The first-order chi connectivity index (χ1) is 8.74. The maximum Gasteiger partial charge on any atom is 0.181 e. The molecule has 0 heterocycles. The Bertz CT molecular complexity index is 534. The van der Waals surface area contributed by atoms with Crippen LogP contribution in [0.25, 0.3) is 11.1 Å². The molecule has 18 heavy (non-hydrogen) atoms. The minimum atomic E-state index is -0.449. The van der Waals surface area contributed by atoms with Gasteiger partial charge in [0.25, 0.3) is 0 Å². The van der Waals surface area contributed by atoms with E-state index in [4.69, 9.17) is 11.6 Å². The molecule has 1 atom stereocenters. The molecule has 0 aromatic heterocycles. The molecule has 0 amide bonds. The second-order valence-corrected chi connectivity index (χ2v) is 4.68. The van der Waals surface area contributed by atoms with Crippen molar-refractivity contribution in [3.63, 3.8) is 0 Å². The van der Waals surface area contributed by atoms with Gasteiger partial charge in [-0.15, -0.1) is 11.6 Å². The number of Topliss-reactive ketones (excluding diaryl/α,β-unsaturated/α-hetero) is 1. The smallest absolute Gasteiger partial charge is 0.181 e. The molecule has 0 radical (unpaired) electrons. The Morgan fingerprint density at radius 3 is 2.33 bits per heavy atom. The lowest BCUT2D eigenvalue weighted by Crippen LogP contribution is -2.14. The summed E-state index contributed by atoms with van der Waals surface area (Å²) in [6, 6.07) is 17.5. The molecule has 2 heteroatoms. The first-order valence-electron chi connectivity index (χ1n) is 6.06. The number of hydrogen-bond acceptors (Lipinski definition) is 1. The van der Waals surface area contributed by atoms with E-state index < -0.39 is 5.38 Å². The molecule has 2 aromatic carbocycles. The summed E-state index contributed by atoms with van der Waals surface area (Å²) in [6.07, 6.45) is 0.642. The molecule has 0 N–H and O–H groups in total. The zero-order valence-corrected chi connectivity index (χ0v) is 11.0. The normalized spacial score (nSPS) is 12.1. The highest BCUT2D eigenvalue weighted by Gasteiger charge is 2.18. The number of alkyl halides is 1. The highest BCUT2D eigenvalue weighted by Crippen LogP contribution is 2.25. The molecule has 0 bridgehead atoms. The highest BCUT2D eigenvalue weighted by atomic mass is 35.5. The summed E-state index contributed by atoms with van der Waals surface area (Å²) in [6.45, 7) is 1.92. The SMILES string of the molecule is CCC(Cl)C(=O)c1ccccc1-c1ccccc1. The molecule has 1 unspecified atom stereocenters. The van der Waals surface area contributed by atoms with E-state index in [2.05, 4.69) is 0 Å². The molecule has 2 rings (SSSR count). The minimum absolute atomic E-state index is 0.00128. The molecule has 2 aromatic rings. The van der Waals surface area contributed by atoms with Crippen molar-refractivity contribution in [2.45, 2.75) is 18.7 Å². The van der Waals surface area contributed by atoms with Crippen LogP contribution in [0, 0.1) is 0 Å². The molecule has 0 spiro atoms. The van der Waals surface area contributed by atoms with Crippen LogP contribution < -0.4 is 0 Å². The van der Waals surface area contributed by atoms with Gasteiger partial charge >= 0.3 is 0 Å². The van der Waals surface area contributed by atoms with Crippen LogP contribution in [0.2, 0.25) is 0 Å².